The van der Waals surface area contributed by atoms with Crippen molar-refractivity contribution in [2.45, 2.75) is 52.6 Å². The number of hydrogen-bond donors (Lipinski definition) is 1. The molecule has 1 amide bonds. The third-order valence-corrected chi connectivity index (χ3v) is 5.29. The Morgan fingerprint density at radius 2 is 1.96 bits per heavy atom. The molecule has 2 heterocycles. The summed E-state index contributed by atoms with van der Waals surface area (Å²) >= 11 is 0. The van der Waals surface area contributed by atoms with Crippen molar-refractivity contribution < 1.29 is 22.8 Å². The van der Waals surface area contributed by atoms with Gasteiger partial charge in [0, 0.05) is 30.8 Å². The van der Waals surface area contributed by atoms with E-state index in [1.54, 1.807) is 6.92 Å². The number of nitrogens with one attached hydrogen (secondary N) is 1. The van der Waals surface area contributed by atoms with E-state index in [2.05, 4.69) is 4.98 Å². The van der Waals surface area contributed by atoms with E-state index in [1.165, 1.54) is 4.90 Å². The fourth-order valence-electron chi connectivity index (χ4n) is 4.03. The summed E-state index contributed by atoms with van der Waals surface area (Å²) in [6.07, 6.45) is -2.84. The maximum Gasteiger partial charge on any atom is 0.393 e. The van der Waals surface area contributed by atoms with Crippen molar-refractivity contribution in [1.82, 2.24) is 9.88 Å². The Bertz CT molecular complexity index is 719. The van der Waals surface area contributed by atoms with Gasteiger partial charge in [-0.3, -0.25) is 9.59 Å². The topological polar surface area (TPSA) is 53.2 Å². The molecular formula is C18H23F3N2O2. The summed E-state index contributed by atoms with van der Waals surface area (Å²) in [6, 6.07) is 0. The third-order valence-electron chi connectivity index (χ3n) is 5.29. The van der Waals surface area contributed by atoms with Crippen LogP contribution in [0.5, 0.6) is 0 Å². The van der Waals surface area contributed by atoms with E-state index in [-0.39, 0.29) is 29.9 Å². The molecule has 1 aliphatic carbocycles. The van der Waals surface area contributed by atoms with Gasteiger partial charge < -0.3 is 9.88 Å². The van der Waals surface area contributed by atoms with E-state index in [1.807, 2.05) is 13.8 Å². The van der Waals surface area contributed by atoms with Gasteiger partial charge in [0.25, 0.3) is 5.91 Å². The van der Waals surface area contributed by atoms with Crippen LogP contribution < -0.4 is 0 Å². The van der Waals surface area contributed by atoms with Gasteiger partial charge in [-0.2, -0.15) is 13.2 Å². The van der Waals surface area contributed by atoms with E-state index in [0.29, 0.717) is 36.9 Å². The largest absolute Gasteiger partial charge is 0.393 e. The molecule has 0 spiro atoms. The van der Waals surface area contributed by atoms with Gasteiger partial charge in [0.1, 0.15) is 5.69 Å². The number of aromatic nitrogens is 1. The van der Waals surface area contributed by atoms with Gasteiger partial charge in [-0.25, -0.2) is 0 Å². The Kier molecular flexibility index (Phi) is 4.24. The molecule has 1 atom stereocenters. The fourth-order valence-corrected chi connectivity index (χ4v) is 4.03. The summed E-state index contributed by atoms with van der Waals surface area (Å²) in [4.78, 5) is 29.5. The Morgan fingerprint density at radius 1 is 1.28 bits per heavy atom. The number of amides is 1. The lowest BCUT2D eigenvalue weighted by atomic mass is 9.75. The second kappa shape index (κ2) is 5.88. The van der Waals surface area contributed by atoms with Gasteiger partial charge in [0.2, 0.25) is 0 Å². The first-order valence-electron chi connectivity index (χ1n) is 8.60. The van der Waals surface area contributed by atoms with Crippen LogP contribution in [0.25, 0.3) is 0 Å². The normalized spacial score (nSPS) is 23.5. The Labute approximate surface area is 144 Å². The first-order chi connectivity index (χ1) is 11.5. The van der Waals surface area contributed by atoms with Crippen molar-refractivity contribution >= 4 is 11.7 Å². The lowest BCUT2D eigenvalue weighted by Crippen LogP contribution is -2.44. The average molecular weight is 356 g/mol. The van der Waals surface area contributed by atoms with Crippen molar-refractivity contribution in [2.24, 2.45) is 11.3 Å². The highest BCUT2D eigenvalue weighted by Crippen LogP contribution is 2.38. The predicted molar refractivity (Wildman–Crippen MR) is 86.6 cm³/mol. The maximum absolute atomic E-state index is 13.0. The number of H-pyrrole nitrogens is 1. The monoisotopic (exact) mass is 356 g/mol. The molecular weight excluding hydrogens is 333 g/mol. The van der Waals surface area contributed by atoms with Gasteiger partial charge in [-0.05, 0) is 37.2 Å². The lowest BCUT2D eigenvalue weighted by molar-refractivity contribution is -0.184. The second-order valence-corrected chi connectivity index (χ2v) is 8.05. The van der Waals surface area contributed by atoms with Crippen molar-refractivity contribution in [1.29, 1.82) is 0 Å². The van der Waals surface area contributed by atoms with Crippen LogP contribution in [0.4, 0.5) is 13.2 Å². The lowest BCUT2D eigenvalue weighted by Gasteiger charge is -2.33. The molecule has 3 rings (SSSR count). The van der Waals surface area contributed by atoms with Gasteiger partial charge in [-0.15, -0.1) is 0 Å². The summed E-state index contributed by atoms with van der Waals surface area (Å²) in [7, 11) is 0. The fraction of sp³-hybridized carbons (Fsp3) is 0.667. The van der Waals surface area contributed by atoms with E-state index >= 15 is 0 Å². The zero-order valence-electron chi connectivity index (χ0n) is 14.7. The van der Waals surface area contributed by atoms with E-state index < -0.39 is 18.0 Å². The quantitative estimate of drug-likeness (QED) is 0.830. The highest BCUT2D eigenvalue weighted by Gasteiger charge is 2.43. The number of likely N-dealkylation sites (tertiary alicyclic amines) is 1. The molecule has 1 unspecified atom stereocenters. The SMILES string of the molecule is Cc1c(C(=O)N2CCCC(C(F)(F)F)C2)[nH]c2c1C(=O)CC(C)(C)C2. The summed E-state index contributed by atoms with van der Waals surface area (Å²) in [6.45, 7) is 5.68. The number of piperidine rings is 1. The van der Waals surface area contributed by atoms with Crippen molar-refractivity contribution in [3.63, 3.8) is 0 Å². The standard InChI is InChI=1S/C18H23F3N2O2/c1-10-14-12(7-17(2,3)8-13(14)24)22-15(10)16(25)23-6-4-5-11(9-23)18(19,20)21/h11,22H,4-9H2,1-3H3. The highest BCUT2D eigenvalue weighted by molar-refractivity contribution is 6.04. The number of ketones is 1. The average Bonchev–Trinajstić information content (AvgIpc) is 2.81. The van der Waals surface area contributed by atoms with E-state index in [4.69, 9.17) is 0 Å². The van der Waals surface area contributed by atoms with E-state index in [0.717, 1.165) is 5.69 Å². The molecule has 2 aliphatic rings. The first kappa shape index (κ1) is 18.0. The number of Topliss-reactive ketones (excluding diaryl/α,β-unsaturated/α-hetero) is 1. The van der Waals surface area contributed by atoms with Crippen molar-refractivity contribution in [3.8, 4) is 0 Å². The summed E-state index contributed by atoms with van der Waals surface area (Å²) in [5.74, 6) is -1.92. The number of nitrogens with zero attached hydrogens (tertiary/aromatic N) is 1. The molecule has 4 nitrogen and oxygen atoms in total. The molecule has 7 heteroatoms. The molecule has 1 fully saturated rings. The molecule has 0 radical (unpaired) electrons. The van der Waals surface area contributed by atoms with Crippen LogP contribution in [0, 0.1) is 18.3 Å². The molecule has 1 aliphatic heterocycles. The van der Waals surface area contributed by atoms with Gasteiger partial charge in [0.15, 0.2) is 5.78 Å². The van der Waals surface area contributed by atoms with Crippen molar-refractivity contribution in [2.75, 3.05) is 13.1 Å². The zero-order valence-corrected chi connectivity index (χ0v) is 14.7. The molecule has 0 saturated carbocycles. The molecule has 0 bridgehead atoms. The number of halogens is 3. The number of alkyl halides is 3. The minimum absolute atomic E-state index is 0.00846. The number of hydrogen-bond acceptors (Lipinski definition) is 2. The Hall–Kier alpha value is -1.79. The smallest absolute Gasteiger partial charge is 0.354 e. The zero-order chi connectivity index (χ0) is 18.6. The maximum atomic E-state index is 13.0. The van der Waals surface area contributed by atoms with Crippen LogP contribution >= 0.6 is 0 Å². The summed E-state index contributed by atoms with van der Waals surface area (Å²) in [5.41, 5.74) is 1.92. The number of fused-ring (bicyclic) bond motifs is 1. The molecule has 1 N–H and O–H groups in total. The van der Waals surface area contributed by atoms with Crippen LogP contribution in [0.15, 0.2) is 0 Å². The Morgan fingerprint density at radius 3 is 2.60 bits per heavy atom. The highest BCUT2D eigenvalue weighted by atomic mass is 19.4. The van der Waals surface area contributed by atoms with E-state index in [9.17, 15) is 22.8 Å². The van der Waals surface area contributed by atoms with Crippen LogP contribution in [0.3, 0.4) is 0 Å². The molecule has 1 aromatic heterocycles. The predicted octanol–water partition coefficient (Wildman–Crippen LogP) is 3.89. The summed E-state index contributed by atoms with van der Waals surface area (Å²) in [5, 5.41) is 0. The van der Waals surface area contributed by atoms with Crippen LogP contribution in [-0.2, 0) is 6.42 Å². The van der Waals surface area contributed by atoms with Gasteiger partial charge in [-0.1, -0.05) is 13.8 Å². The van der Waals surface area contributed by atoms with Crippen LogP contribution in [0.2, 0.25) is 0 Å². The molecule has 138 valence electrons. The minimum atomic E-state index is -4.29. The molecule has 25 heavy (non-hydrogen) atoms. The number of aromatic amines is 1. The van der Waals surface area contributed by atoms with Gasteiger partial charge in [0.05, 0.1) is 5.92 Å². The third kappa shape index (κ3) is 3.33. The van der Waals surface area contributed by atoms with Gasteiger partial charge >= 0.3 is 6.18 Å². The van der Waals surface area contributed by atoms with Crippen LogP contribution in [0.1, 0.15) is 65.2 Å². The number of carbonyl (C=O) groups excluding carboxylic acids is 2. The minimum Gasteiger partial charge on any atom is -0.354 e. The Balaban J connectivity index is 1.88. The molecule has 0 aromatic carbocycles. The first-order valence-corrected chi connectivity index (χ1v) is 8.60. The number of rotatable bonds is 1. The van der Waals surface area contributed by atoms with Crippen LogP contribution in [-0.4, -0.2) is 40.8 Å². The number of carbonyl (C=O) groups is 2. The second-order valence-electron chi connectivity index (χ2n) is 8.05. The van der Waals surface area contributed by atoms with Crippen molar-refractivity contribution in [3.05, 3.63) is 22.5 Å². The molecule has 1 aromatic rings. The summed E-state index contributed by atoms with van der Waals surface area (Å²) < 4.78 is 39.0. The molecule has 1 saturated heterocycles.